The summed E-state index contributed by atoms with van der Waals surface area (Å²) in [6.45, 7) is 3.82. The Kier molecular flexibility index (Phi) is 6.37. The quantitative estimate of drug-likeness (QED) is 0.731. The van der Waals surface area contributed by atoms with E-state index in [2.05, 4.69) is 5.32 Å². The molecule has 0 bridgehead atoms. The highest BCUT2D eigenvalue weighted by Crippen LogP contribution is 2.26. The second-order valence-electron chi connectivity index (χ2n) is 7.56. The van der Waals surface area contributed by atoms with Crippen LogP contribution in [0, 0.1) is 19.8 Å². The van der Waals surface area contributed by atoms with Gasteiger partial charge in [-0.15, -0.1) is 0 Å². The highest BCUT2D eigenvalue weighted by Gasteiger charge is 2.32. The highest BCUT2D eigenvalue weighted by molar-refractivity contribution is 7.91. The predicted molar refractivity (Wildman–Crippen MR) is 111 cm³/mol. The topological polar surface area (TPSA) is 89.5 Å². The van der Waals surface area contributed by atoms with Gasteiger partial charge in [-0.05, 0) is 43.4 Å². The van der Waals surface area contributed by atoms with E-state index in [0.717, 1.165) is 11.1 Å². The maximum absolute atomic E-state index is 13.0. The fraction of sp³-hybridized carbons (Fsp3) is 0.364. The lowest BCUT2D eigenvalue weighted by Gasteiger charge is -2.20. The third-order valence-electron chi connectivity index (χ3n) is 5.02. The van der Waals surface area contributed by atoms with Gasteiger partial charge in [-0.2, -0.15) is 0 Å². The first kappa shape index (κ1) is 21.0. The number of hydrogen-bond acceptors (Lipinski definition) is 5. The van der Waals surface area contributed by atoms with Crippen LogP contribution in [0.25, 0.3) is 0 Å². The molecule has 29 heavy (non-hydrogen) atoms. The molecule has 154 valence electrons. The molecule has 1 aliphatic heterocycles. The molecule has 0 aliphatic carbocycles. The summed E-state index contributed by atoms with van der Waals surface area (Å²) >= 11 is 0. The van der Waals surface area contributed by atoms with Gasteiger partial charge in [0, 0.05) is 17.7 Å². The summed E-state index contributed by atoms with van der Waals surface area (Å²) in [5.41, 5.74) is 3.12. The summed E-state index contributed by atoms with van der Waals surface area (Å²) < 4.78 is 28.8. The average molecular weight is 416 g/mol. The summed E-state index contributed by atoms with van der Waals surface area (Å²) in [7, 11) is -3.07. The molecule has 1 aliphatic rings. The monoisotopic (exact) mass is 415 g/mol. The number of amides is 1. The summed E-state index contributed by atoms with van der Waals surface area (Å²) in [5.74, 6) is -1.19. The van der Waals surface area contributed by atoms with Gasteiger partial charge in [0.05, 0.1) is 11.5 Å². The molecule has 7 heteroatoms. The Balaban J connectivity index is 1.75. The summed E-state index contributed by atoms with van der Waals surface area (Å²) in [5, 5.41) is 2.85. The van der Waals surface area contributed by atoms with Crippen molar-refractivity contribution in [3.63, 3.8) is 0 Å². The number of anilines is 1. The Morgan fingerprint density at radius 2 is 1.86 bits per heavy atom. The molecule has 0 aromatic heterocycles. The average Bonchev–Trinajstić information content (AvgIpc) is 3.01. The van der Waals surface area contributed by atoms with Crippen LogP contribution in [0.2, 0.25) is 0 Å². The number of benzene rings is 2. The smallest absolute Gasteiger partial charge is 0.307 e. The lowest BCUT2D eigenvalue weighted by molar-refractivity contribution is -0.155. The molecule has 6 nitrogen and oxygen atoms in total. The van der Waals surface area contributed by atoms with Crippen LogP contribution in [0.4, 0.5) is 5.69 Å². The Hall–Kier alpha value is -2.67. The van der Waals surface area contributed by atoms with Crippen molar-refractivity contribution in [3.05, 3.63) is 65.2 Å². The molecule has 1 heterocycles. The van der Waals surface area contributed by atoms with Gasteiger partial charge in [-0.3, -0.25) is 9.59 Å². The van der Waals surface area contributed by atoms with Gasteiger partial charge >= 0.3 is 5.97 Å². The molecular weight excluding hydrogens is 390 g/mol. The van der Waals surface area contributed by atoms with Crippen molar-refractivity contribution in [2.45, 2.75) is 32.8 Å². The van der Waals surface area contributed by atoms with E-state index in [0.29, 0.717) is 17.7 Å². The van der Waals surface area contributed by atoms with Crippen molar-refractivity contribution in [1.29, 1.82) is 0 Å². The van der Waals surface area contributed by atoms with Gasteiger partial charge in [0.2, 0.25) is 6.10 Å². The summed E-state index contributed by atoms with van der Waals surface area (Å²) in [6.07, 6.45) is -0.678. The first-order valence-corrected chi connectivity index (χ1v) is 11.4. The molecular formula is C22H25NO5S. The number of nitrogens with one attached hydrogen (secondary N) is 1. The second kappa shape index (κ2) is 8.78. The fourth-order valence-corrected chi connectivity index (χ4v) is 5.28. The largest absolute Gasteiger partial charge is 0.447 e. The number of sulfone groups is 1. The lowest BCUT2D eigenvalue weighted by Crippen LogP contribution is -2.27. The highest BCUT2D eigenvalue weighted by atomic mass is 32.2. The molecule has 0 spiro atoms. The number of ether oxygens (including phenoxy) is 1. The van der Waals surface area contributed by atoms with E-state index >= 15 is 0 Å². The Morgan fingerprint density at radius 3 is 2.52 bits per heavy atom. The second-order valence-corrected chi connectivity index (χ2v) is 9.79. The number of hydrogen-bond donors (Lipinski definition) is 1. The van der Waals surface area contributed by atoms with Crippen molar-refractivity contribution in [3.8, 4) is 0 Å². The third kappa shape index (κ3) is 5.67. The van der Waals surface area contributed by atoms with Crippen molar-refractivity contribution in [2.75, 3.05) is 16.8 Å². The van der Waals surface area contributed by atoms with Crippen LogP contribution in [0.3, 0.4) is 0 Å². The molecule has 0 saturated carbocycles. The number of aryl methyl sites for hydroxylation is 2. The zero-order valence-corrected chi connectivity index (χ0v) is 17.4. The molecule has 2 atom stereocenters. The van der Waals surface area contributed by atoms with Crippen LogP contribution < -0.4 is 5.32 Å². The first-order chi connectivity index (χ1) is 13.7. The van der Waals surface area contributed by atoms with Gasteiger partial charge in [-0.25, -0.2) is 8.42 Å². The number of carbonyl (C=O) groups is 2. The van der Waals surface area contributed by atoms with Crippen LogP contribution in [-0.2, 0) is 24.2 Å². The molecule has 1 saturated heterocycles. The van der Waals surface area contributed by atoms with Crippen molar-refractivity contribution in [1.82, 2.24) is 0 Å². The van der Waals surface area contributed by atoms with Gasteiger partial charge in [0.25, 0.3) is 5.91 Å². The normalized spacial score (nSPS) is 18.8. The van der Waals surface area contributed by atoms with E-state index in [4.69, 9.17) is 4.74 Å². The molecule has 2 aromatic carbocycles. The maximum Gasteiger partial charge on any atom is 0.307 e. The minimum atomic E-state index is -3.07. The molecule has 1 N–H and O–H groups in total. The number of esters is 1. The van der Waals surface area contributed by atoms with Crippen LogP contribution in [0.15, 0.2) is 48.5 Å². The lowest BCUT2D eigenvalue weighted by atomic mass is 10.0. The van der Waals surface area contributed by atoms with Crippen molar-refractivity contribution < 1.29 is 22.7 Å². The number of carbonyl (C=O) groups excluding carboxylic acids is 2. The number of rotatable bonds is 6. The molecule has 1 fully saturated rings. The van der Waals surface area contributed by atoms with Gasteiger partial charge in [0.15, 0.2) is 9.84 Å². The van der Waals surface area contributed by atoms with Crippen LogP contribution in [-0.4, -0.2) is 31.8 Å². The van der Waals surface area contributed by atoms with Crippen LogP contribution >= 0.6 is 0 Å². The molecule has 2 aromatic rings. The van der Waals surface area contributed by atoms with Gasteiger partial charge in [0.1, 0.15) is 0 Å². The zero-order valence-electron chi connectivity index (χ0n) is 16.6. The Morgan fingerprint density at radius 1 is 1.14 bits per heavy atom. The first-order valence-electron chi connectivity index (χ1n) is 9.56. The van der Waals surface area contributed by atoms with E-state index in [1.807, 2.05) is 38.1 Å². The SMILES string of the molecule is Cc1ccc(C)c(NC(=O)[C@@H](OC(=O)C[C@H]2CCS(=O)(=O)C2)c2ccccc2)c1. The van der Waals surface area contributed by atoms with Crippen LogP contribution in [0.5, 0.6) is 0 Å². The van der Waals surface area contributed by atoms with E-state index < -0.39 is 27.8 Å². The minimum Gasteiger partial charge on any atom is -0.447 e. The molecule has 0 radical (unpaired) electrons. The minimum absolute atomic E-state index is 0.00716. The van der Waals surface area contributed by atoms with E-state index in [1.54, 1.807) is 24.3 Å². The van der Waals surface area contributed by atoms with Crippen LogP contribution in [0.1, 0.15) is 35.6 Å². The standard InChI is InChI=1S/C22H25NO5S/c1-15-8-9-16(2)19(12-15)23-22(25)21(18-6-4-3-5-7-18)28-20(24)13-17-10-11-29(26,27)14-17/h3-9,12,17,21H,10-11,13-14H2,1-2H3,(H,23,25)/t17-,21+/m1/s1. The van der Waals surface area contributed by atoms with E-state index in [-0.39, 0.29) is 23.8 Å². The Bertz CT molecular complexity index is 1000. The fourth-order valence-electron chi connectivity index (χ4n) is 3.42. The van der Waals surface area contributed by atoms with Gasteiger partial charge in [-0.1, -0.05) is 42.5 Å². The van der Waals surface area contributed by atoms with Gasteiger partial charge < -0.3 is 10.1 Å². The van der Waals surface area contributed by atoms with E-state index in [1.165, 1.54) is 0 Å². The van der Waals surface area contributed by atoms with Crippen molar-refractivity contribution in [2.24, 2.45) is 5.92 Å². The zero-order chi connectivity index (χ0) is 21.0. The maximum atomic E-state index is 13.0. The molecule has 0 unspecified atom stereocenters. The predicted octanol–water partition coefficient (Wildman–Crippen LogP) is 3.35. The Labute approximate surface area is 171 Å². The summed E-state index contributed by atoms with van der Waals surface area (Å²) in [4.78, 5) is 25.4. The van der Waals surface area contributed by atoms with Crippen molar-refractivity contribution >= 4 is 27.4 Å². The molecule has 3 rings (SSSR count). The third-order valence-corrected chi connectivity index (χ3v) is 6.86. The summed E-state index contributed by atoms with van der Waals surface area (Å²) in [6, 6.07) is 14.5. The van der Waals surface area contributed by atoms with E-state index in [9.17, 15) is 18.0 Å². The molecule has 1 amide bonds.